The fourth-order valence-corrected chi connectivity index (χ4v) is 3.61. The first-order chi connectivity index (χ1) is 13.2. The summed E-state index contributed by atoms with van der Waals surface area (Å²) >= 11 is 0. The highest BCUT2D eigenvalue weighted by atomic mass is 16.7. The average molecular weight is 371 g/mol. The minimum atomic E-state index is -1.25. The van der Waals surface area contributed by atoms with Crippen LogP contribution in [0.1, 0.15) is 16.7 Å². The van der Waals surface area contributed by atoms with Crippen LogP contribution in [-0.2, 0) is 21.7 Å². The van der Waals surface area contributed by atoms with E-state index >= 15 is 0 Å². The molecule has 6 nitrogen and oxygen atoms in total. The van der Waals surface area contributed by atoms with Crippen LogP contribution in [0.4, 0.5) is 0 Å². The molecule has 0 aliphatic carbocycles. The van der Waals surface area contributed by atoms with Crippen LogP contribution in [0.5, 0.6) is 17.2 Å². The van der Waals surface area contributed by atoms with Gasteiger partial charge in [-0.15, -0.1) is 0 Å². The molecule has 144 valence electrons. The molecular weight excluding hydrogens is 346 g/mol. The first-order valence-corrected chi connectivity index (χ1v) is 8.69. The summed E-state index contributed by atoms with van der Waals surface area (Å²) in [6, 6.07) is 11.8. The molecule has 2 aromatic carbocycles. The van der Waals surface area contributed by atoms with E-state index in [0.717, 1.165) is 12.0 Å². The van der Waals surface area contributed by atoms with E-state index in [9.17, 15) is 0 Å². The van der Waals surface area contributed by atoms with Crippen LogP contribution in [0.3, 0.4) is 0 Å². The molecule has 0 aromatic heterocycles. The van der Waals surface area contributed by atoms with Gasteiger partial charge in [-0.2, -0.15) is 0 Å². The fraction of sp³-hybridized carbons (Fsp3) is 0.381. The number of nitrogens with zero attached hydrogens (tertiary/aromatic N) is 1. The van der Waals surface area contributed by atoms with Crippen molar-refractivity contribution >= 4 is 5.71 Å². The van der Waals surface area contributed by atoms with E-state index in [1.54, 1.807) is 41.6 Å². The summed E-state index contributed by atoms with van der Waals surface area (Å²) in [4.78, 5) is 4.77. The van der Waals surface area contributed by atoms with Crippen molar-refractivity contribution in [2.24, 2.45) is 4.99 Å². The molecule has 1 aliphatic rings. The molecule has 0 amide bonds. The number of hydrogen-bond acceptors (Lipinski definition) is 6. The molecule has 1 aliphatic heterocycles. The van der Waals surface area contributed by atoms with Crippen molar-refractivity contribution < 1.29 is 23.7 Å². The second-order valence-electron chi connectivity index (χ2n) is 6.04. The Morgan fingerprint density at radius 1 is 0.815 bits per heavy atom. The van der Waals surface area contributed by atoms with Gasteiger partial charge in [0.25, 0.3) is 0 Å². The summed E-state index contributed by atoms with van der Waals surface area (Å²) in [5, 5.41) is 0. The van der Waals surface area contributed by atoms with Gasteiger partial charge in [-0.1, -0.05) is 24.3 Å². The van der Waals surface area contributed by atoms with Gasteiger partial charge in [0.05, 0.1) is 26.9 Å². The van der Waals surface area contributed by atoms with Gasteiger partial charge in [0, 0.05) is 26.3 Å². The van der Waals surface area contributed by atoms with Crippen LogP contribution in [0, 0.1) is 0 Å². The maximum Gasteiger partial charge on any atom is 0.243 e. The minimum Gasteiger partial charge on any atom is -0.493 e. The molecule has 1 heterocycles. The van der Waals surface area contributed by atoms with Gasteiger partial charge >= 0.3 is 0 Å². The number of aliphatic imine (C=N–C) groups is 1. The number of fused-ring (bicyclic) bond motifs is 1. The lowest BCUT2D eigenvalue weighted by Crippen LogP contribution is -2.42. The fourth-order valence-electron chi connectivity index (χ4n) is 3.61. The Morgan fingerprint density at radius 3 is 2.15 bits per heavy atom. The summed E-state index contributed by atoms with van der Waals surface area (Å²) in [5.41, 5.74) is 3.58. The molecule has 0 radical (unpaired) electrons. The normalized spacial score (nSPS) is 13.6. The molecule has 6 heteroatoms. The third kappa shape index (κ3) is 3.05. The van der Waals surface area contributed by atoms with Crippen molar-refractivity contribution in [2.45, 2.75) is 12.2 Å². The Kier molecular flexibility index (Phi) is 5.68. The second-order valence-corrected chi connectivity index (χ2v) is 6.04. The van der Waals surface area contributed by atoms with E-state index in [2.05, 4.69) is 6.07 Å². The lowest BCUT2D eigenvalue weighted by molar-refractivity contribution is -0.161. The Labute approximate surface area is 159 Å². The van der Waals surface area contributed by atoms with Crippen molar-refractivity contribution in [3.8, 4) is 17.2 Å². The smallest absolute Gasteiger partial charge is 0.243 e. The first-order valence-electron chi connectivity index (χ1n) is 8.69. The Balaban J connectivity index is 2.27. The third-order valence-corrected chi connectivity index (χ3v) is 4.87. The van der Waals surface area contributed by atoms with Crippen LogP contribution in [-0.4, -0.2) is 47.8 Å². The molecular formula is C21H25NO5. The van der Waals surface area contributed by atoms with Gasteiger partial charge in [0.2, 0.25) is 11.5 Å². The lowest BCUT2D eigenvalue weighted by atomic mass is 9.88. The number of benzene rings is 2. The zero-order valence-corrected chi connectivity index (χ0v) is 16.4. The lowest BCUT2D eigenvalue weighted by Gasteiger charge is -2.36. The predicted molar refractivity (Wildman–Crippen MR) is 103 cm³/mol. The number of hydrogen-bond donors (Lipinski definition) is 0. The van der Waals surface area contributed by atoms with E-state index in [1.165, 1.54) is 5.56 Å². The number of rotatable bonds is 7. The maximum absolute atomic E-state index is 5.96. The largest absolute Gasteiger partial charge is 0.493 e. The quantitative estimate of drug-likeness (QED) is 0.700. The van der Waals surface area contributed by atoms with Crippen LogP contribution < -0.4 is 14.2 Å². The van der Waals surface area contributed by atoms with Gasteiger partial charge in [0.1, 0.15) is 5.71 Å². The van der Waals surface area contributed by atoms with Gasteiger partial charge in [0.15, 0.2) is 11.5 Å². The second kappa shape index (κ2) is 7.98. The molecule has 2 aromatic rings. The number of ether oxygens (including phenoxy) is 5. The zero-order valence-electron chi connectivity index (χ0n) is 16.4. The van der Waals surface area contributed by atoms with Crippen molar-refractivity contribution in [3.63, 3.8) is 0 Å². The summed E-state index contributed by atoms with van der Waals surface area (Å²) < 4.78 is 28.5. The standard InChI is InChI=1S/C21H25NO5/c1-23-17-11-10-16(18(24-2)19(17)25-3)21(26-4,27-5)20-15-9-7-6-8-14(15)12-13-22-20/h6-11H,12-13H2,1-5H3. The molecule has 0 saturated heterocycles. The maximum atomic E-state index is 5.96. The average Bonchev–Trinajstić information content (AvgIpc) is 2.74. The molecule has 27 heavy (non-hydrogen) atoms. The highest BCUT2D eigenvalue weighted by Gasteiger charge is 2.44. The molecule has 0 fully saturated rings. The highest BCUT2D eigenvalue weighted by molar-refractivity contribution is 6.08. The molecule has 0 unspecified atom stereocenters. The van der Waals surface area contributed by atoms with Crippen molar-refractivity contribution in [1.82, 2.24) is 0 Å². The van der Waals surface area contributed by atoms with Crippen molar-refractivity contribution in [1.29, 1.82) is 0 Å². The zero-order chi connectivity index (χ0) is 19.4. The van der Waals surface area contributed by atoms with Crippen LogP contribution in [0.2, 0.25) is 0 Å². The van der Waals surface area contributed by atoms with Crippen LogP contribution in [0.25, 0.3) is 0 Å². The van der Waals surface area contributed by atoms with E-state index < -0.39 is 5.79 Å². The molecule has 3 rings (SSSR count). The summed E-state index contributed by atoms with van der Waals surface area (Å²) in [7, 11) is 7.92. The highest BCUT2D eigenvalue weighted by Crippen LogP contribution is 2.46. The summed E-state index contributed by atoms with van der Waals surface area (Å²) in [6.45, 7) is 0.663. The van der Waals surface area contributed by atoms with Crippen molar-refractivity contribution in [3.05, 3.63) is 53.1 Å². The topological polar surface area (TPSA) is 58.5 Å². The van der Waals surface area contributed by atoms with Gasteiger partial charge in [-0.05, 0) is 24.1 Å². The SMILES string of the molecule is COc1ccc(C(OC)(OC)C2=NCCc3ccccc32)c(OC)c1OC. The van der Waals surface area contributed by atoms with Crippen LogP contribution in [0.15, 0.2) is 41.4 Å². The van der Waals surface area contributed by atoms with Crippen LogP contribution >= 0.6 is 0 Å². The predicted octanol–water partition coefficient (Wildman–Crippen LogP) is 3.20. The van der Waals surface area contributed by atoms with E-state index in [4.69, 9.17) is 28.7 Å². The molecule has 0 spiro atoms. The van der Waals surface area contributed by atoms with Gasteiger partial charge < -0.3 is 23.7 Å². The Morgan fingerprint density at radius 2 is 1.52 bits per heavy atom. The molecule has 0 bridgehead atoms. The third-order valence-electron chi connectivity index (χ3n) is 4.87. The van der Waals surface area contributed by atoms with E-state index in [0.29, 0.717) is 35.1 Å². The minimum absolute atomic E-state index is 0.473. The summed E-state index contributed by atoms with van der Waals surface area (Å²) in [5.74, 6) is 0.263. The van der Waals surface area contributed by atoms with Gasteiger partial charge in [-0.25, -0.2) is 0 Å². The number of methoxy groups -OCH3 is 5. The molecule has 0 atom stereocenters. The first kappa shape index (κ1) is 19.2. The Hall–Kier alpha value is -2.57. The van der Waals surface area contributed by atoms with Crippen molar-refractivity contribution in [2.75, 3.05) is 42.1 Å². The van der Waals surface area contributed by atoms with E-state index in [-0.39, 0.29) is 0 Å². The molecule has 0 N–H and O–H groups in total. The van der Waals surface area contributed by atoms with E-state index in [1.807, 2.05) is 24.3 Å². The monoisotopic (exact) mass is 371 g/mol. The Bertz CT molecular complexity index is 842. The molecule has 0 saturated carbocycles. The van der Waals surface area contributed by atoms with Gasteiger partial charge in [-0.3, -0.25) is 4.99 Å². The summed E-state index contributed by atoms with van der Waals surface area (Å²) in [6.07, 6.45) is 0.881.